The lowest BCUT2D eigenvalue weighted by molar-refractivity contribution is 0.311. The molecular weight excluding hydrogens is 284 g/mol. The van der Waals surface area contributed by atoms with Crippen LogP contribution in [0.5, 0.6) is 5.75 Å². The summed E-state index contributed by atoms with van der Waals surface area (Å²) in [5.74, 6) is 0.706. The summed E-state index contributed by atoms with van der Waals surface area (Å²) in [4.78, 5) is 1.33. The molecule has 0 aliphatic carbocycles. The second kappa shape index (κ2) is 6.10. The minimum atomic E-state index is 0.0629. The number of fused-ring (bicyclic) bond motifs is 1. The van der Waals surface area contributed by atoms with E-state index in [1.165, 1.54) is 10.5 Å². The molecular formula is C16H16N2O2S. The first-order chi connectivity index (χ1) is 10.3. The van der Waals surface area contributed by atoms with Crippen LogP contribution < -0.4 is 10.5 Å². The van der Waals surface area contributed by atoms with Crippen LogP contribution in [-0.2, 0) is 6.42 Å². The van der Waals surface area contributed by atoms with Gasteiger partial charge in [-0.1, -0.05) is 35.5 Å². The summed E-state index contributed by atoms with van der Waals surface area (Å²) >= 11 is 1.84. The molecule has 108 valence electrons. The Morgan fingerprint density at radius 3 is 2.81 bits per heavy atom. The Kier molecular flexibility index (Phi) is 4.01. The fraction of sp³-hybridized carbons (Fsp3) is 0.188. The second-order valence-corrected chi connectivity index (χ2v) is 6.19. The second-order valence-electron chi connectivity index (χ2n) is 4.84. The number of amidine groups is 1. The average Bonchev–Trinajstić information content (AvgIpc) is 2.95. The molecule has 1 aliphatic heterocycles. The van der Waals surface area contributed by atoms with Crippen LogP contribution in [0.2, 0.25) is 0 Å². The summed E-state index contributed by atoms with van der Waals surface area (Å²) < 4.78 is 5.88. The topological polar surface area (TPSA) is 67.8 Å². The highest BCUT2D eigenvalue weighted by Crippen LogP contribution is 2.37. The lowest BCUT2D eigenvalue weighted by atomic mass is 10.1. The SMILES string of the molecule is NC(=NO)c1ccccc1OCC1Cc2ccccc2S1. The minimum Gasteiger partial charge on any atom is -0.492 e. The van der Waals surface area contributed by atoms with E-state index >= 15 is 0 Å². The van der Waals surface area contributed by atoms with Gasteiger partial charge in [0, 0.05) is 10.1 Å². The molecule has 0 radical (unpaired) electrons. The molecule has 0 spiro atoms. The lowest BCUT2D eigenvalue weighted by Gasteiger charge is -2.13. The zero-order valence-electron chi connectivity index (χ0n) is 11.4. The Labute approximate surface area is 127 Å². The van der Waals surface area contributed by atoms with Crippen LogP contribution in [0.25, 0.3) is 0 Å². The number of para-hydroxylation sites is 1. The molecule has 5 heteroatoms. The van der Waals surface area contributed by atoms with E-state index in [-0.39, 0.29) is 5.84 Å². The van der Waals surface area contributed by atoms with Crippen LogP contribution in [0.3, 0.4) is 0 Å². The van der Waals surface area contributed by atoms with E-state index in [2.05, 4.69) is 29.4 Å². The maximum atomic E-state index is 8.81. The number of nitrogens with two attached hydrogens (primary N) is 1. The number of nitrogens with zero attached hydrogens (tertiary/aromatic N) is 1. The van der Waals surface area contributed by atoms with Crippen molar-refractivity contribution in [1.82, 2.24) is 0 Å². The van der Waals surface area contributed by atoms with Crippen molar-refractivity contribution in [1.29, 1.82) is 0 Å². The lowest BCUT2D eigenvalue weighted by Crippen LogP contribution is -2.18. The zero-order chi connectivity index (χ0) is 14.7. The molecule has 0 fully saturated rings. The standard InChI is InChI=1S/C16H16N2O2S/c17-16(18-19)13-6-2-3-7-14(13)20-10-12-9-11-5-1-4-8-15(11)21-12/h1-8,12,19H,9-10H2,(H2,17,18). The highest BCUT2D eigenvalue weighted by molar-refractivity contribution is 8.00. The summed E-state index contributed by atoms with van der Waals surface area (Å²) in [6, 6.07) is 15.7. The minimum absolute atomic E-state index is 0.0629. The van der Waals surface area contributed by atoms with E-state index in [1.54, 1.807) is 6.07 Å². The molecule has 2 aromatic carbocycles. The predicted molar refractivity (Wildman–Crippen MR) is 84.2 cm³/mol. The van der Waals surface area contributed by atoms with E-state index in [9.17, 15) is 0 Å². The van der Waals surface area contributed by atoms with Crippen molar-refractivity contribution in [2.75, 3.05) is 6.61 Å². The third-order valence-electron chi connectivity index (χ3n) is 3.41. The van der Waals surface area contributed by atoms with Gasteiger partial charge in [0.25, 0.3) is 0 Å². The van der Waals surface area contributed by atoms with Gasteiger partial charge >= 0.3 is 0 Å². The molecule has 4 nitrogen and oxygen atoms in total. The molecule has 1 heterocycles. The molecule has 0 amide bonds. The maximum Gasteiger partial charge on any atom is 0.173 e. The van der Waals surface area contributed by atoms with Gasteiger partial charge < -0.3 is 15.7 Å². The number of thioether (sulfide) groups is 1. The number of rotatable bonds is 4. The predicted octanol–water partition coefficient (Wildman–Crippen LogP) is 2.88. The molecule has 1 aliphatic rings. The van der Waals surface area contributed by atoms with Gasteiger partial charge in [0.1, 0.15) is 12.4 Å². The van der Waals surface area contributed by atoms with Crippen LogP contribution in [-0.4, -0.2) is 22.9 Å². The Balaban J connectivity index is 1.67. The van der Waals surface area contributed by atoms with E-state index in [1.807, 2.05) is 30.0 Å². The van der Waals surface area contributed by atoms with Gasteiger partial charge in [-0.15, -0.1) is 11.8 Å². The zero-order valence-corrected chi connectivity index (χ0v) is 12.2. The van der Waals surface area contributed by atoms with Crippen molar-refractivity contribution in [3.8, 4) is 5.75 Å². The molecule has 3 rings (SSSR count). The molecule has 21 heavy (non-hydrogen) atoms. The Morgan fingerprint density at radius 1 is 1.24 bits per heavy atom. The van der Waals surface area contributed by atoms with Crippen molar-refractivity contribution in [3.05, 3.63) is 59.7 Å². The van der Waals surface area contributed by atoms with E-state index in [0.29, 0.717) is 23.2 Å². The molecule has 0 saturated carbocycles. The van der Waals surface area contributed by atoms with Crippen LogP contribution in [0.4, 0.5) is 0 Å². The van der Waals surface area contributed by atoms with Crippen molar-refractivity contribution in [3.63, 3.8) is 0 Å². The maximum absolute atomic E-state index is 8.81. The quantitative estimate of drug-likeness (QED) is 0.394. The first-order valence-corrected chi connectivity index (χ1v) is 7.60. The van der Waals surface area contributed by atoms with Crippen LogP contribution in [0, 0.1) is 0 Å². The molecule has 2 aromatic rings. The molecule has 0 aromatic heterocycles. The normalized spacial score (nSPS) is 17.5. The average molecular weight is 300 g/mol. The van der Waals surface area contributed by atoms with E-state index in [4.69, 9.17) is 15.7 Å². The van der Waals surface area contributed by atoms with Crippen molar-refractivity contribution in [2.45, 2.75) is 16.6 Å². The number of hydrogen-bond acceptors (Lipinski definition) is 4. The molecule has 3 N–H and O–H groups in total. The van der Waals surface area contributed by atoms with E-state index < -0.39 is 0 Å². The molecule has 0 saturated heterocycles. The van der Waals surface area contributed by atoms with Gasteiger partial charge in [0.05, 0.1) is 5.56 Å². The van der Waals surface area contributed by atoms with Crippen molar-refractivity contribution >= 4 is 17.6 Å². The summed E-state index contributed by atoms with van der Waals surface area (Å²) in [5.41, 5.74) is 7.65. The van der Waals surface area contributed by atoms with Gasteiger partial charge in [0.15, 0.2) is 5.84 Å². The van der Waals surface area contributed by atoms with Gasteiger partial charge in [-0.3, -0.25) is 0 Å². The Morgan fingerprint density at radius 2 is 2.00 bits per heavy atom. The molecule has 1 unspecified atom stereocenters. The monoisotopic (exact) mass is 300 g/mol. The summed E-state index contributed by atoms with van der Waals surface area (Å²) in [7, 11) is 0. The third-order valence-corrected chi connectivity index (χ3v) is 4.70. The van der Waals surface area contributed by atoms with Crippen molar-refractivity contribution in [2.24, 2.45) is 10.9 Å². The van der Waals surface area contributed by atoms with E-state index in [0.717, 1.165) is 6.42 Å². The summed E-state index contributed by atoms with van der Waals surface area (Å²) in [6.07, 6.45) is 1.01. The van der Waals surface area contributed by atoms with Gasteiger partial charge in [-0.25, -0.2) is 0 Å². The first kappa shape index (κ1) is 13.8. The Hall–Kier alpha value is -2.14. The number of benzene rings is 2. The van der Waals surface area contributed by atoms with Crippen LogP contribution in [0.1, 0.15) is 11.1 Å². The smallest absolute Gasteiger partial charge is 0.173 e. The summed E-state index contributed by atoms with van der Waals surface area (Å²) in [6.45, 7) is 0.592. The van der Waals surface area contributed by atoms with Gasteiger partial charge in [0.2, 0.25) is 0 Å². The molecule has 1 atom stereocenters. The number of oxime groups is 1. The highest BCUT2D eigenvalue weighted by atomic mass is 32.2. The fourth-order valence-corrected chi connectivity index (χ4v) is 3.61. The number of hydrogen-bond donors (Lipinski definition) is 2. The first-order valence-electron chi connectivity index (χ1n) is 6.72. The van der Waals surface area contributed by atoms with Crippen molar-refractivity contribution < 1.29 is 9.94 Å². The molecule has 0 bridgehead atoms. The summed E-state index contributed by atoms with van der Waals surface area (Å²) in [5, 5.41) is 12.2. The Bertz CT molecular complexity index is 648. The van der Waals surface area contributed by atoms with Crippen LogP contribution in [0.15, 0.2) is 58.6 Å². The van der Waals surface area contributed by atoms with Crippen LogP contribution >= 0.6 is 11.8 Å². The largest absolute Gasteiger partial charge is 0.492 e. The van der Waals surface area contributed by atoms with Gasteiger partial charge in [-0.2, -0.15) is 0 Å². The number of ether oxygens (including phenoxy) is 1. The third kappa shape index (κ3) is 2.97. The van der Waals surface area contributed by atoms with Gasteiger partial charge in [-0.05, 0) is 30.2 Å². The fourth-order valence-electron chi connectivity index (χ4n) is 2.39. The highest BCUT2D eigenvalue weighted by Gasteiger charge is 2.22.